The third kappa shape index (κ3) is 2.16. The third-order valence-electron chi connectivity index (χ3n) is 4.02. The van der Waals surface area contributed by atoms with Gasteiger partial charge in [-0.25, -0.2) is 4.98 Å². The fraction of sp³-hybridized carbons (Fsp3) is 0.167. The molecule has 0 unspecified atom stereocenters. The molecule has 1 aliphatic rings. The Bertz CT molecular complexity index is 777. The van der Waals surface area contributed by atoms with Crippen molar-refractivity contribution in [3.8, 4) is 0 Å². The Morgan fingerprint density at radius 3 is 2.81 bits per heavy atom. The summed E-state index contributed by atoms with van der Waals surface area (Å²) in [6.45, 7) is 2.80. The number of para-hydroxylation sites is 1. The lowest BCUT2D eigenvalue weighted by Crippen LogP contribution is -2.25. The van der Waals surface area contributed by atoms with Crippen LogP contribution in [-0.2, 0) is 6.54 Å². The van der Waals surface area contributed by atoms with Gasteiger partial charge in [-0.3, -0.25) is 0 Å². The highest BCUT2D eigenvalue weighted by Gasteiger charge is 2.18. The van der Waals surface area contributed by atoms with Crippen LogP contribution in [0.2, 0.25) is 0 Å². The molecule has 3 heteroatoms. The van der Waals surface area contributed by atoms with E-state index in [1.165, 1.54) is 22.0 Å². The van der Waals surface area contributed by atoms with Crippen molar-refractivity contribution in [1.29, 1.82) is 0 Å². The van der Waals surface area contributed by atoms with Crippen LogP contribution in [0.25, 0.3) is 10.8 Å². The summed E-state index contributed by atoms with van der Waals surface area (Å²) < 4.78 is 0. The highest BCUT2D eigenvalue weighted by atomic mass is 15.2. The van der Waals surface area contributed by atoms with Crippen molar-refractivity contribution in [2.45, 2.75) is 6.54 Å². The zero-order valence-electron chi connectivity index (χ0n) is 11.8. The van der Waals surface area contributed by atoms with Gasteiger partial charge in [0.05, 0.1) is 0 Å². The maximum atomic E-state index is 4.67. The summed E-state index contributed by atoms with van der Waals surface area (Å²) in [5, 5.41) is 5.92. The monoisotopic (exact) mass is 275 g/mol. The second-order valence-corrected chi connectivity index (χ2v) is 5.31. The standard InChI is InChI=1S/C18H17N3/c1-3-7-16-14(5-1)9-10-20-18(16)21-12-11-19-13-15-6-2-4-8-17(15)21/h1-10,19H,11-13H2. The minimum atomic E-state index is 0.914. The topological polar surface area (TPSA) is 28.2 Å². The molecule has 0 saturated carbocycles. The summed E-state index contributed by atoms with van der Waals surface area (Å²) in [5.74, 6) is 1.05. The van der Waals surface area contributed by atoms with Crippen LogP contribution in [0.4, 0.5) is 11.5 Å². The number of rotatable bonds is 1. The average Bonchev–Trinajstić information content (AvgIpc) is 2.77. The summed E-state index contributed by atoms with van der Waals surface area (Å²) in [6, 6.07) is 19.1. The van der Waals surface area contributed by atoms with Crippen molar-refractivity contribution in [2.75, 3.05) is 18.0 Å². The molecule has 3 nitrogen and oxygen atoms in total. The van der Waals surface area contributed by atoms with Gasteiger partial charge < -0.3 is 10.2 Å². The Kier molecular flexibility index (Phi) is 3.05. The van der Waals surface area contributed by atoms with Crippen LogP contribution in [0.1, 0.15) is 5.56 Å². The number of hydrogen-bond acceptors (Lipinski definition) is 3. The number of hydrogen-bond donors (Lipinski definition) is 1. The molecule has 21 heavy (non-hydrogen) atoms. The van der Waals surface area contributed by atoms with Gasteiger partial charge in [0.15, 0.2) is 0 Å². The van der Waals surface area contributed by atoms with Gasteiger partial charge in [0, 0.05) is 36.9 Å². The molecular weight excluding hydrogens is 258 g/mol. The van der Waals surface area contributed by atoms with Gasteiger partial charge in [0.2, 0.25) is 0 Å². The van der Waals surface area contributed by atoms with Gasteiger partial charge in [0.1, 0.15) is 5.82 Å². The minimum Gasteiger partial charge on any atom is -0.324 e. The number of pyridine rings is 1. The van der Waals surface area contributed by atoms with Gasteiger partial charge in [-0.15, -0.1) is 0 Å². The summed E-state index contributed by atoms with van der Waals surface area (Å²) in [5.41, 5.74) is 2.58. The number of aromatic nitrogens is 1. The van der Waals surface area contributed by atoms with Gasteiger partial charge in [-0.05, 0) is 23.1 Å². The molecule has 4 rings (SSSR count). The van der Waals surface area contributed by atoms with Gasteiger partial charge in [0.25, 0.3) is 0 Å². The minimum absolute atomic E-state index is 0.914. The van der Waals surface area contributed by atoms with Crippen LogP contribution in [-0.4, -0.2) is 18.1 Å². The fourth-order valence-corrected chi connectivity index (χ4v) is 3.00. The largest absolute Gasteiger partial charge is 0.324 e. The number of anilines is 2. The Labute approximate surface area is 124 Å². The molecular formula is C18H17N3. The molecule has 104 valence electrons. The van der Waals surface area contributed by atoms with Gasteiger partial charge in [-0.1, -0.05) is 42.5 Å². The lowest BCUT2D eigenvalue weighted by Gasteiger charge is -2.24. The Morgan fingerprint density at radius 1 is 0.952 bits per heavy atom. The first kappa shape index (κ1) is 12.4. The zero-order chi connectivity index (χ0) is 14.1. The van der Waals surface area contributed by atoms with Crippen molar-refractivity contribution < 1.29 is 0 Å². The maximum Gasteiger partial charge on any atom is 0.140 e. The van der Waals surface area contributed by atoms with E-state index in [-0.39, 0.29) is 0 Å². The van der Waals surface area contributed by atoms with Crippen molar-refractivity contribution >= 4 is 22.3 Å². The first-order chi connectivity index (χ1) is 10.4. The van der Waals surface area contributed by atoms with E-state index in [0.29, 0.717) is 0 Å². The maximum absolute atomic E-state index is 4.67. The van der Waals surface area contributed by atoms with Crippen molar-refractivity contribution in [1.82, 2.24) is 10.3 Å². The summed E-state index contributed by atoms with van der Waals surface area (Å²) in [4.78, 5) is 7.00. The average molecular weight is 275 g/mol. The molecule has 0 aliphatic carbocycles. The van der Waals surface area contributed by atoms with Crippen LogP contribution in [0.15, 0.2) is 60.8 Å². The third-order valence-corrected chi connectivity index (χ3v) is 4.02. The van der Waals surface area contributed by atoms with E-state index in [1.54, 1.807) is 0 Å². The molecule has 1 aromatic heterocycles. The molecule has 2 heterocycles. The molecule has 1 aliphatic heterocycles. The van der Waals surface area contributed by atoms with Crippen LogP contribution in [0, 0.1) is 0 Å². The first-order valence-electron chi connectivity index (χ1n) is 7.33. The van der Waals surface area contributed by atoms with Crippen molar-refractivity contribution in [2.24, 2.45) is 0 Å². The predicted molar refractivity (Wildman–Crippen MR) is 86.9 cm³/mol. The lowest BCUT2D eigenvalue weighted by molar-refractivity contribution is 0.711. The van der Waals surface area contributed by atoms with E-state index in [0.717, 1.165) is 25.5 Å². The molecule has 0 fully saturated rings. The Hall–Kier alpha value is -2.39. The van der Waals surface area contributed by atoms with E-state index >= 15 is 0 Å². The van der Waals surface area contributed by atoms with Crippen molar-refractivity contribution in [3.63, 3.8) is 0 Å². The second kappa shape index (κ2) is 5.19. The molecule has 0 spiro atoms. The van der Waals surface area contributed by atoms with E-state index in [9.17, 15) is 0 Å². The number of benzene rings is 2. The molecule has 3 aromatic rings. The quantitative estimate of drug-likeness (QED) is 0.737. The van der Waals surface area contributed by atoms with Crippen LogP contribution in [0.5, 0.6) is 0 Å². The Morgan fingerprint density at radius 2 is 1.81 bits per heavy atom. The van der Waals surface area contributed by atoms with Crippen LogP contribution >= 0.6 is 0 Å². The zero-order valence-corrected chi connectivity index (χ0v) is 11.8. The van der Waals surface area contributed by atoms with Crippen LogP contribution in [0.3, 0.4) is 0 Å². The van der Waals surface area contributed by atoms with Crippen LogP contribution < -0.4 is 10.2 Å². The Balaban J connectivity index is 1.92. The predicted octanol–water partition coefficient (Wildman–Crippen LogP) is 3.48. The van der Waals surface area contributed by atoms with Crippen molar-refractivity contribution in [3.05, 3.63) is 66.4 Å². The molecule has 0 amide bonds. The van der Waals surface area contributed by atoms with E-state index in [4.69, 9.17) is 0 Å². The van der Waals surface area contributed by atoms with E-state index < -0.39 is 0 Å². The molecule has 1 N–H and O–H groups in total. The second-order valence-electron chi connectivity index (χ2n) is 5.31. The molecule has 0 radical (unpaired) electrons. The number of nitrogens with zero attached hydrogens (tertiary/aromatic N) is 2. The lowest BCUT2D eigenvalue weighted by atomic mass is 10.1. The molecule has 2 aromatic carbocycles. The number of nitrogens with one attached hydrogen (secondary N) is 1. The molecule has 0 saturated heterocycles. The first-order valence-corrected chi connectivity index (χ1v) is 7.33. The molecule has 0 atom stereocenters. The SMILES string of the molecule is c1ccc2c(c1)CNCCN2c1nccc2ccccc12. The van der Waals surface area contributed by atoms with Gasteiger partial charge >= 0.3 is 0 Å². The summed E-state index contributed by atoms with van der Waals surface area (Å²) in [6.07, 6.45) is 1.90. The highest BCUT2D eigenvalue weighted by Crippen LogP contribution is 2.32. The van der Waals surface area contributed by atoms with E-state index in [1.807, 2.05) is 6.20 Å². The fourth-order valence-electron chi connectivity index (χ4n) is 3.00. The van der Waals surface area contributed by atoms with Gasteiger partial charge in [-0.2, -0.15) is 0 Å². The summed E-state index contributed by atoms with van der Waals surface area (Å²) in [7, 11) is 0. The normalized spacial score (nSPS) is 14.8. The molecule has 0 bridgehead atoms. The number of fused-ring (bicyclic) bond motifs is 2. The summed E-state index contributed by atoms with van der Waals surface area (Å²) >= 11 is 0. The highest BCUT2D eigenvalue weighted by molar-refractivity contribution is 5.94. The van der Waals surface area contributed by atoms with E-state index in [2.05, 4.69) is 69.8 Å². The smallest absolute Gasteiger partial charge is 0.140 e.